The van der Waals surface area contributed by atoms with E-state index in [2.05, 4.69) is 4.99 Å². The molecule has 0 bridgehead atoms. The summed E-state index contributed by atoms with van der Waals surface area (Å²) < 4.78 is 0. The van der Waals surface area contributed by atoms with Crippen molar-refractivity contribution >= 4 is 11.9 Å². The second-order valence-corrected chi connectivity index (χ2v) is 2.19. The topological polar surface area (TPSA) is 99.1 Å². The van der Waals surface area contributed by atoms with Gasteiger partial charge in [-0.15, -0.1) is 0 Å². The summed E-state index contributed by atoms with van der Waals surface area (Å²) in [5.41, 5.74) is 5.21. The largest absolute Gasteiger partial charge is 0.480 e. The summed E-state index contributed by atoms with van der Waals surface area (Å²) in [6.45, 7) is 1.77. The standard InChI is InChI=1S/C6H13N3O3/c1-2-3-9(12)6(7)8-4-5(10)11/h12H,2-4H2,1H3,(H2,7,8)(H,10,11). The number of nitrogens with zero attached hydrogens (tertiary/aromatic N) is 2. The van der Waals surface area contributed by atoms with Crippen molar-refractivity contribution in [3.8, 4) is 0 Å². The molecule has 0 rings (SSSR count). The minimum absolute atomic E-state index is 0.167. The lowest BCUT2D eigenvalue weighted by Gasteiger charge is -2.13. The van der Waals surface area contributed by atoms with Crippen molar-refractivity contribution in [2.24, 2.45) is 10.7 Å². The zero-order chi connectivity index (χ0) is 9.56. The summed E-state index contributed by atoms with van der Waals surface area (Å²) in [4.78, 5) is 13.4. The fraction of sp³-hybridized carbons (Fsp3) is 0.667. The third-order valence-electron chi connectivity index (χ3n) is 1.08. The van der Waals surface area contributed by atoms with E-state index >= 15 is 0 Å². The Morgan fingerprint density at radius 3 is 2.67 bits per heavy atom. The van der Waals surface area contributed by atoms with Gasteiger partial charge in [0.25, 0.3) is 0 Å². The average Bonchev–Trinajstić information content (AvgIpc) is 2.00. The van der Waals surface area contributed by atoms with Crippen molar-refractivity contribution in [2.45, 2.75) is 13.3 Å². The number of carboxylic acid groups (broad SMARTS) is 1. The number of carboxylic acids is 1. The van der Waals surface area contributed by atoms with E-state index in [0.717, 1.165) is 5.06 Å². The van der Waals surface area contributed by atoms with E-state index in [1.165, 1.54) is 0 Å². The highest BCUT2D eigenvalue weighted by atomic mass is 16.5. The third-order valence-corrected chi connectivity index (χ3v) is 1.08. The number of nitrogens with two attached hydrogens (primary N) is 1. The number of guanidine groups is 1. The third kappa shape index (κ3) is 4.51. The molecule has 0 atom stereocenters. The van der Waals surface area contributed by atoms with Gasteiger partial charge in [0.15, 0.2) is 0 Å². The molecule has 0 fully saturated rings. The van der Waals surface area contributed by atoms with Crippen LogP contribution < -0.4 is 5.73 Å². The molecule has 0 aliphatic rings. The van der Waals surface area contributed by atoms with Crippen LogP contribution in [0.15, 0.2) is 4.99 Å². The number of hydrogen-bond donors (Lipinski definition) is 3. The minimum Gasteiger partial charge on any atom is -0.480 e. The van der Waals surface area contributed by atoms with E-state index in [1.807, 2.05) is 6.92 Å². The van der Waals surface area contributed by atoms with E-state index in [-0.39, 0.29) is 5.96 Å². The fourth-order valence-electron chi connectivity index (χ4n) is 0.557. The number of hydroxylamine groups is 2. The summed E-state index contributed by atoms with van der Waals surface area (Å²) in [5.74, 6) is -1.25. The zero-order valence-electron chi connectivity index (χ0n) is 6.90. The minimum atomic E-state index is -1.08. The molecule has 0 amide bonds. The highest BCUT2D eigenvalue weighted by Gasteiger charge is 2.02. The molecule has 6 nitrogen and oxygen atoms in total. The molecular weight excluding hydrogens is 162 g/mol. The maximum absolute atomic E-state index is 10.0. The SMILES string of the molecule is CCCN(O)C(N)=NCC(=O)O. The number of hydrogen-bond acceptors (Lipinski definition) is 3. The molecule has 0 radical (unpaired) electrons. The first-order valence-electron chi connectivity index (χ1n) is 3.56. The monoisotopic (exact) mass is 175 g/mol. The molecule has 0 unspecified atom stereocenters. The molecule has 0 aromatic rings. The summed E-state index contributed by atoms with van der Waals surface area (Å²) >= 11 is 0. The van der Waals surface area contributed by atoms with Gasteiger partial charge in [0, 0.05) is 6.54 Å². The number of carbonyl (C=O) groups is 1. The Morgan fingerprint density at radius 2 is 2.25 bits per heavy atom. The van der Waals surface area contributed by atoms with Crippen LogP contribution in [0, 0.1) is 0 Å². The van der Waals surface area contributed by atoms with Crippen molar-refractivity contribution in [1.29, 1.82) is 0 Å². The first-order valence-corrected chi connectivity index (χ1v) is 3.56. The van der Waals surface area contributed by atoms with Crippen LogP contribution in [0.3, 0.4) is 0 Å². The molecule has 0 spiro atoms. The summed E-state index contributed by atoms with van der Waals surface area (Å²) in [6.07, 6.45) is 0.708. The Labute approximate surface area is 70.3 Å². The van der Waals surface area contributed by atoms with Crippen molar-refractivity contribution in [3.63, 3.8) is 0 Å². The Kier molecular flexibility index (Phi) is 4.78. The maximum Gasteiger partial charge on any atom is 0.325 e. The second-order valence-electron chi connectivity index (χ2n) is 2.19. The highest BCUT2D eigenvalue weighted by Crippen LogP contribution is 1.85. The van der Waals surface area contributed by atoms with E-state index < -0.39 is 12.5 Å². The van der Waals surface area contributed by atoms with Crippen LogP contribution in [0.2, 0.25) is 0 Å². The van der Waals surface area contributed by atoms with Gasteiger partial charge in [-0.25, -0.2) is 10.1 Å². The molecule has 0 heterocycles. The predicted octanol–water partition coefficient (Wildman–Crippen LogP) is -0.513. The van der Waals surface area contributed by atoms with Gasteiger partial charge in [-0.2, -0.15) is 0 Å². The Balaban J connectivity index is 3.89. The van der Waals surface area contributed by atoms with Crippen molar-refractivity contribution in [1.82, 2.24) is 5.06 Å². The molecule has 0 saturated heterocycles. The Hall–Kier alpha value is -1.30. The van der Waals surface area contributed by atoms with E-state index in [9.17, 15) is 4.79 Å². The lowest BCUT2D eigenvalue weighted by atomic mass is 10.5. The number of aliphatic carboxylic acids is 1. The Bertz CT molecular complexity index is 181. The molecule has 0 aromatic heterocycles. The van der Waals surface area contributed by atoms with Gasteiger partial charge in [-0.05, 0) is 6.42 Å². The first-order chi connectivity index (χ1) is 5.57. The molecule has 0 aliphatic carbocycles. The van der Waals surface area contributed by atoms with Gasteiger partial charge in [0.05, 0.1) is 0 Å². The molecule has 0 aromatic carbocycles. The molecule has 0 saturated carbocycles. The quantitative estimate of drug-likeness (QED) is 0.303. The van der Waals surface area contributed by atoms with Gasteiger partial charge >= 0.3 is 5.97 Å². The van der Waals surface area contributed by atoms with Crippen molar-refractivity contribution in [3.05, 3.63) is 0 Å². The maximum atomic E-state index is 10.0. The zero-order valence-corrected chi connectivity index (χ0v) is 6.90. The smallest absolute Gasteiger partial charge is 0.325 e. The summed E-state index contributed by atoms with van der Waals surface area (Å²) in [6, 6.07) is 0. The average molecular weight is 175 g/mol. The lowest BCUT2D eigenvalue weighted by molar-refractivity contribution is -0.135. The van der Waals surface area contributed by atoms with Gasteiger partial charge in [-0.3, -0.25) is 10.0 Å². The molecule has 12 heavy (non-hydrogen) atoms. The van der Waals surface area contributed by atoms with E-state index in [0.29, 0.717) is 13.0 Å². The van der Waals surface area contributed by atoms with Crippen LogP contribution >= 0.6 is 0 Å². The molecule has 4 N–H and O–H groups in total. The Morgan fingerprint density at radius 1 is 1.67 bits per heavy atom. The predicted molar refractivity (Wildman–Crippen MR) is 42.9 cm³/mol. The van der Waals surface area contributed by atoms with Crippen LogP contribution in [-0.4, -0.2) is 40.4 Å². The molecule has 6 heteroatoms. The normalized spacial score (nSPS) is 11.3. The van der Waals surface area contributed by atoms with Crippen molar-refractivity contribution in [2.75, 3.05) is 13.1 Å². The van der Waals surface area contributed by atoms with E-state index in [1.54, 1.807) is 0 Å². The van der Waals surface area contributed by atoms with Gasteiger partial charge in [0.1, 0.15) is 6.54 Å². The number of aliphatic imine (C=N–C) groups is 1. The highest BCUT2D eigenvalue weighted by molar-refractivity contribution is 5.80. The van der Waals surface area contributed by atoms with Crippen LogP contribution in [0.25, 0.3) is 0 Å². The number of rotatable bonds is 4. The van der Waals surface area contributed by atoms with Gasteiger partial charge in [0.2, 0.25) is 5.96 Å². The summed E-state index contributed by atoms with van der Waals surface area (Å²) in [5, 5.41) is 18.0. The van der Waals surface area contributed by atoms with Crippen LogP contribution in [-0.2, 0) is 4.79 Å². The molecular formula is C6H13N3O3. The van der Waals surface area contributed by atoms with Gasteiger partial charge in [-0.1, -0.05) is 6.92 Å². The molecule has 70 valence electrons. The van der Waals surface area contributed by atoms with E-state index in [4.69, 9.17) is 16.0 Å². The van der Waals surface area contributed by atoms with Crippen LogP contribution in [0.5, 0.6) is 0 Å². The van der Waals surface area contributed by atoms with Gasteiger partial charge < -0.3 is 10.8 Å². The van der Waals surface area contributed by atoms with Crippen LogP contribution in [0.1, 0.15) is 13.3 Å². The fourth-order valence-corrected chi connectivity index (χ4v) is 0.557. The van der Waals surface area contributed by atoms with Crippen LogP contribution in [0.4, 0.5) is 0 Å². The van der Waals surface area contributed by atoms with Crippen molar-refractivity contribution < 1.29 is 15.1 Å². The summed E-state index contributed by atoms with van der Waals surface area (Å²) in [7, 11) is 0. The lowest BCUT2D eigenvalue weighted by Crippen LogP contribution is -2.35. The first kappa shape index (κ1) is 10.7. The molecule has 0 aliphatic heterocycles. The second kappa shape index (κ2) is 5.36.